The second kappa shape index (κ2) is 6.57. The summed E-state index contributed by atoms with van der Waals surface area (Å²) >= 11 is 0. The van der Waals surface area contributed by atoms with E-state index in [4.69, 9.17) is 4.52 Å². The molecule has 1 atom stereocenters. The van der Waals surface area contributed by atoms with Crippen molar-refractivity contribution in [2.24, 2.45) is 0 Å². The van der Waals surface area contributed by atoms with Gasteiger partial charge in [-0.3, -0.25) is 4.90 Å². The standard InChI is InChI=1S/C18H21N5O/c1-14-20-18(24-21-14)17-9-4-5-11-22(17)13-15-7-2-3-8-16(15)23-12-6-10-19-23/h2-3,6-8,10,12,17H,4-5,9,11,13H2,1H3. The summed E-state index contributed by atoms with van der Waals surface area (Å²) < 4.78 is 7.38. The van der Waals surface area contributed by atoms with Crippen LogP contribution in [0.5, 0.6) is 0 Å². The fourth-order valence-corrected chi connectivity index (χ4v) is 3.41. The van der Waals surface area contributed by atoms with Gasteiger partial charge < -0.3 is 4.52 Å². The third-order valence-electron chi connectivity index (χ3n) is 4.56. The summed E-state index contributed by atoms with van der Waals surface area (Å²) in [6, 6.07) is 10.6. The molecule has 0 saturated carbocycles. The van der Waals surface area contributed by atoms with Gasteiger partial charge in [-0.25, -0.2) is 4.68 Å². The average Bonchev–Trinajstić information content (AvgIpc) is 3.28. The Kier molecular flexibility index (Phi) is 4.13. The van der Waals surface area contributed by atoms with Crippen LogP contribution in [0.15, 0.2) is 47.2 Å². The van der Waals surface area contributed by atoms with E-state index in [1.165, 1.54) is 18.4 Å². The molecule has 6 heteroatoms. The first-order valence-electron chi connectivity index (χ1n) is 8.43. The molecule has 1 unspecified atom stereocenters. The molecule has 3 aromatic rings. The molecule has 1 saturated heterocycles. The maximum Gasteiger partial charge on any atom is 0.243 e. The largest absolute Gasteiger partial charge is 0.338 e. The molecule has 0 N–H and O–H groups in total. The molecule has 1 aliphatic rings. The van der Waals surface area contributed by atoms with Gasteiger partial charge in [0.2, 0.25) is 5.89 Å². The number of likely N-dealkylation sites (tertiary alicyclic amines) is 1. The number of para-hydroxylation sites is 1. The maximum absolute atomic E-state index is 5.45. The number of piperidine rings is 1. The lowest BCUT2D eigenvalue weighted by Crippen LogP contribution is -2.33. The monoisotopic (exact) mass is 323 g/mol. The summed E-state index contributed by atoms with van der Waals surface area (Å²) in [4.78, 5) is 6.90. The van der Waals surface area contributed by atoms with E-state index in [0.717, 1.165) is 31.1 Å². The number of hydrogen-bond acceptors (Lipinski definition) is 5. The molecule has 0 aliphatic carbocycles. The Morgan fingerprint density at radius 1 is 1.21 bits per heavy atom. The number of nitrogens with zero attached hydrogens (tertiary/aromatic N) is 5. The highest BCUT2D eigenvalue weighted by molar-refractivity contribution is 5.40. The molecule has 0 amide bonds. The number of aromatic nitrogens is 4. The van der Waals surface area contributed by atoms with E-state index in [2.05, 4.69) is 44.4 Å². The second-order valence-electron chi connectivity index (χ2n) is 6.24. The van der Waals surface area contributed by atoms with Gasteiger partial charge in [-0.05, 0) is 44.0 Å². The summed E-state index contributed by atoms with van der Waals surface area (Å²) in [5.41, 5.74) is 2.37. The molecule has 1 aromatic carbocycles. The van der Waals surface area contributed by atoms with Gasteiger partial charge in [-0.15, -0.1) is 0 Å². The smallest absolute Gasteiger partial charge is 0.243 e. The Morgan fingerprint density at radius 3 is 2.92 bits per heavy atom. The second-order valence-corrected chi connectivity index (χ2v) is 6.24. The van der Waals surface area contributed by atoms with Crippen molar-refractivity contribution in [3.63, 3.8) is 0 Å². The third-order valence-corrected chi connectivity index (χ3v) is 4.56. The van der Waals surface area contributed by atoms with Crippen molar-refractivity contribution in [3.8, 4) is 5.69 Å². The normalized spacial score (nSPS) is 18.8. The third kappa shape index (κ3) is 2.97. The summed E-state index contributed by atoms with van der Waals surface area (Å²) in [5.74, 6) is 1.44. The molecule has 24 heavy (non-hydrogen) atoms. The van der Waals surface area contributed by atoms with Gasteiger partial charge in [-0.1, -0.05) is 29.8 Å². The van der Waals surface area contributed by atoms with Crippen LogP contribution in [0, 0.1) is 6.92 Å². The minimum absolute atomic E-state index is 0.200. The Hall–Kier alpha value is -2.47. The van der Waals surface area contributed by atoms with Gasteiger partial charge in [0.05, 0.1) is 11.7 Å². The molecule has 1 aliphatic heterocycles. The lowest BCUT2D eigenvalue weighted by molar-refractivity contribution is 0.111. The first-order chi connectivity index (χ1) is 11.8. The molecule has 6 nitrogen and oxygen atoms in total. The highest BCUT2D eigenvalue weighted by Gasteiger charge is 2.29. The van der Waals surface area contributed by atoms with E-state index in [0.29, 0.717) is 5.82 Å². The van der Waals surface area contributed by atoms with Crippen LogP contribution in [-0.2, 0) is 6.54 Å². The van der Waals surface area contributed by atoms with Gasteiger partial charge in [0, 0.05) is 18.9 Å². The zero-order chi connectivity index (χ0) is 16.4. The summed E-state index contributed by atoms with van der Waals surface area (Å²) in [5, 5.41) is 8.34. The SMILES string of the molecule is Cc1noc(C2CCCCN2Cc2ccccc2-n2cccn2)n1. The molecule has 0 spiro atoms. The first-order valence-corrected chi connectivity index (χ1v) is 8.43. The molecule has 3 heterocycles. The molecule has 0 radical (unpaired) electrons. The highest BCUT2D eigenvalue weighted by Crippen LogP contribution is 2.32. The molecule has 0 bridgehead atoms. The maximum atomic E-state index is 5.45. The van der Waals surface area contributed by atoms with E-state index >= 15 is 0 Å². The lowest BCUT2D eigenvalue weighted by atomic mass is 10.0. The number of rotatable bonds is 4. The predicted molar refractivity (Wildman–Crippen MR) is 89.6 cm³/mol. The van der Waals surface area contributed by atoms with Crippen LogP contribution in [0.4, 0.5) is 0 Å². The molecule has 1 fully saturated rings. The van der Waals surface area contributed by atoms with E-state index in [1.807, 2.05) is 30.1 Å². The van der Waals surface area contributed by atoms with Gasteiger partial charge in [0.25, 0.3) is 0 Å². The number of aryl methyl sites for hydroxylation is 1. The summed E-state index contributed by atoms with van der Waals surface area (Å²) in [7, 11) is 0. The zero-order valence-electron chi connectivity index (χ0n) is 13.8. The fraction of sp³-hybridized carbons (Fsp3) is 0.389. The fourth-order valence-electron chi connectivity index (χ4n) is 3.41. The van der Waals surface area contributed by atoms with Crippen LogP contribution in [0.3, 0.4) is 0 Å². The van der Waals surface area contributed by atoms with Gasteiger partial charge in [-0.2, -0.15) is 10.1 Å². The zero-order valence-corrected chi connectivity index (χ0v) is 13.8. The van der Waals surface area contributed by atoms with E-state index in [9.17, 15) is 0 Å². The quantitative estimate of drug-likeness (QED) is 0.737. The van der Waals surface area contributed by atoms with Crippen molar-refractivity contribution < 1.29 is 4.52 Å². The van der Waals surface area contributed by atoms with Crippen molar-refractivity contribution in [1.82, 2.24) is 24.8 Å². The molecule has 4 rings (SSSR count). The molecular weight excluding hydrogens is 302 g/mol. The van der Waals surface area contributed by atoms with Crippen LogP contribution in [0.1, 0.15) is 42.6 Å². The van der Waals surface area contributed by atoms with Crippen molar-refractivity contribution in [1.29, 1.82) is 0 Å². The van der Waals surface area contributed by atoms with Crippen LogP contribution >= 0.6 is 0 Å². The Bertz CT molecular complexity index is 795. The lowest BCUT2D eigenvalue weighted by Gasteiger charge is -2.33. The Labute approximate surface area is 141 Å². The molecular formula is C18H21N5O. The first kappa shape index (κ1) is 15.1. The highest BCUT2D eigenvalue weighted by atomic mass is 16.5. The molecule has 124 valence electrons. The minimum atomic E-state index is 0.200. The van der Waals surface area contributed by atoms with Crippen molar-refractivity contribution in [2.75, 3.05) is 6.54 Å². The van der Waals surface area contributed by atoms with Crippen molar-refractivity contribution in [3.05, 3.63) is 60.0 Å². The molecule has 2 aromatic heterocycles. The van der Waals surface area contributed by atoms with Crippen LogP contribution < -0.4 is 0 Å². The van der Waals surface area contributed by atoms with Crippen LogP contribution in [-0.4, -0.2) is 31.4 Å². The van der Waals surface area contributed by atoms with Gasteiger partial charge >= 0.3 is 0 Å². The van der Waals surface area contributed by atoms with E-state index in [1.54, 1.807) is 0 Å². The number of hydrogen-bond donors (Lipinski definition) is 0. The topological polar surface area (TPSA) is 60.0 Å². The van der Waals surface area contributed by atoms with E-state index < -0.39 is 0 Å². The van der Waals surface area contributed by atoms with Gasteiger partial charge in [0.15, 0.2) is 5.82 Å². The van der Waals surface area contributed by atoms with Crippen molar-refractivity contribution >= 4 is 0 Å². The van der Waals surface area contributed by atoms with Crippen LogP contribution in [0.25, 0.3) is 5.69 Å². The Morgan fingerprint density at radius 2 is 2.12 bits per heavy atom. The van der Waals surface area contributed by atoms with Crippen LogP contribution in [0.2, 0.25) is 0 Å². The summed E-state index contributed by atoms with van der Waals surface area (Å²) in [6.07, 6.45) is 7.25. The number of benzene rings is 1. The van der Waals surface area contributed by atoms with Crippen molar-refractivity contribution in [2.45, 2.75) is 38.8 Å². The van der Waals surface area contributed by atoms with Gasteiger partial charge in [0.1, 0.15) is 0 Å². The Balaban J connectivity index is 1.62. The predicted octanol–water partition coefficient (Wildman–Crippen LogP) is 3.29. The summed E-state index contributed by atoms with van der Waals surface area (Å²) in [6.45, 7) is 3.76. The average molecular weight is 323 g/mol. The van der Waals surface area contributed by atoms with E-state index in [-0.39, 0.29) is 6.04 Å². The minimum Gasteiger partial charge on any atom is -0.338 e.